The monoisotopic (exact) mass is 169 g/mol. The Bertz CT molecular complexity index is 165. The standard InChI is InChI=1S/C10H19NO/c1-4-9-5-7-11(2)10(9)6-8-12-3/h5,10H,4,6-8H2,1-3H3. The molecule has 1 unspecified atom stereocenters. The van der Waals surface area contributed by atoms with Gasteiger partial charge in [0.2, 0.25) is 0 Å². The molecule has 1 rings (SSSR count). The highest BCUT2D eigenvalue weighted by atomic mass is 16.5. The summed E-state index contributed by atoms with van der Waals surface area (Å²) >= 11 is 0. The first-order chi connectivity index (χ1) is 5.79. The molecule has 1 aliphatic rings. The minimum Gasteiger partial charge on any atom is -0.385 e. The van der Waals surface area contributed by atoms with Gasteiger partial charge in [-0.3, -0.25) is 4.90 Å². The zero-order chi connectivity index (χ0) is 8.97. The molecule has 0 aromatic carbocycles. The van der Waals surface area contributed by atoms with Crippen LogP contribution in [0.4, 0.5) is 0 Å². The largest absolute Gasteiger partial charge is 0.385 e. The molecule has 0 saturated carbocycles. The van der Waals surface area contributed by atoms with E-state index in [2.05, 4.69) is 24.9 Å². The van der Waals surface area contributed by atoms with E-state index in [1.165, 1.54) is 6.42 Å². The molecule has 0 aromatic heterocycles. The van der Waals surface area contributed by atoms with Crippen LogP contribution < -0.4 is 0 Å². The number of hydrogen-bond donors (Lipinski definition) is 0. The van der Waals surface area contributed by atoms with Crippen molar-refractivity contribution in [2.75, 3.05) is 27.3 Å². The highest BCUT2D eigenvalue weighted by Gasteiger charge is 2.21. The molecule has 0 spiro atoms. The smallest absolute Gasteiger partial charge is 0.0480 e. The number of ether oxygens (including phenoxy) is 1. The molecule has 2 heteroatoms. The lowest BCUT2D eigenvalue weighted by Crippen LogP contribution is -2.29. The number of rotatable bonds is 4. The van der Waals surface area contributed by atoms with E-state index in [9.17, 15) is 0 Å². The molecule has 1 heterocycles. The molecule has 0 fully saturated rings. The van der Waals surface area contributed by atoms with Crippen LogP contribution >= 0.6 is 0 Å². The fourth-order valence-electron chi connectivity index (χ4n) is 1.82. The van der Waals surface area contributed by atoms with E-state index < -0.39 is 0 Å². The first-order valence-electron chi connectivity index (χ1n) is 4.67. The number of methoxy groups -OCH3 is 1. The predicted molar refractivity (Wildman–Crippen MR) is 51.3 cm³/mol. The normalized spacial score (nSPS) is 24.6. The predicted octanol–water partition coefficient (Wildman–Crippen LogP) is 1.67. The fourth-order valence-corrected chi connectivity index (χ4v) is 1.82. The van der Waals surface area contributed by atoms with E-state index in [0.717, 1.165) is 19.6 Å². The van der Waals surface area contributed by atoms with Crippen LogP contribution in [0.5, 0.6) is 0 Å². The van der Waals surface area contributed by atoms with Crippen LogP contribution in [0.25, 0.3) is 0 Å². The van der Waals surface area contributed by atoms with E-state index in [4.69, 9.17) is 4.74 Å². The summed E-state index contributed by atoms with van der Waals surface area (Å²) in [7, 11) is 3.95. The zero-order valence-electron chi connectivity index (χ0n) is 8.34. The van der Waals surface area contributed by atoms with E-state index in [1.54, 1.807) is 12.7 Å². The van der Waals surface area contributed by atoms with Gasteiger partial charge in [-0.05, 0) is 19.9 Å². The lowest BCUT2D eigenvalue weighted by atomic mass is 10.0. The molecule has 2 nitrogen and oxygen atoms in total. The van der Waals surface area contributed by atoms with Gasteiger partial charge in [-0.2, -0.15) is 0 Å². The van der Waals surface area contributed by atoms with Crippen LogP contribution in [0.15, 0.2) is 11.6 Å². The second-order valence-corrected chi connectivity index (χ2v) is 3.37. The maximum Gasteiger partial charge on any atom is 0.0480 e. The summed E-state index contributed by atoms with van der Waals surface area (Å²) in [5.74, 6) is 0. The van der Waals surface area contributed by atoms with Crippen molar-refractivity contribution in [2.45, 2.75) is 25.8 Å². The third kappa shape index (κ3) is 2.08. The minimum atomic E-state index is 0.634. The zero-order valence-corrected chi connectivity index (χ0v) is 8.34. The van der Waals surface area contributed by atoms with Gasteiger partial charge in [0.25, 0.3) is 0 Å². The van der Waals surface area contributed by atoms with Gasteiger partial charge in [0.05, 0.1) is 0 Å². The fraction of sp³-hybridized carbons (Fsp3) is 0.800. The van der Waals surface area contributed by atoms with Crippen molar-refractivity contribution in [2.24, 2.45) is 0 Å². The molecule has 0 aliphatic carbocycles. The summed E-state index contributed by atoms with van der Waals surface area (Å²) in [6, 6.07) is 0.634. The van der Waals surface area contributed by atoms with Gasteiger partial charge in [0.15, 0.2) is 0 Å². The average Bonchev–Trinajstić information content (AvgIpc) is 2.43. The Hall–Kier alpha value is -0.340. The van der Waals surface area contributed by atoms with Crippen molar-refractivity contribution in [1.82, 2.24) is 4.90 Å². The molecule has 12 heavy (non-hydrogen) atoms. The van der Waals surface area contributed by atoms with Gasteiger partial charge >= 0.3 is 0 Å². The lowest BCUT2D eigenvalue weighted by Gasteiger charge is -2.22. The highest BCUT2D eigenvalue weighted by Crippen LogP contribution is 2.21. The van der Waals surface area contributed by atoms with Crippen molar-refractivity contribution >= 4 is 0 Å². The Kier molecular flexibility index (Phi) is 3.76. The summed E-state index contributed by atoms with van der Waals surface area (Å²) in [6.45, 7) is 4.20. The van der Waals surface area contributed by atoms with Gasteiger partial charge in [0.1, 0.15) is 0 Å². The Balaban J connectivity index is 2.42. The van der Waals surface area contributed by atoms with Crippen LogP contribution in [0.2, 0.25) is 0 Å². The molecule has 0 amide bonds. The van der Waals surface area contributed by atoms with Crippen LogP contribution in [0, 0.1) is 0 Å². The van der Waals surface area contributed by atoms with Crippen LogP contribution in [0.3, 0.4) is 0 Å². The average molecular weight is 169 g/mol. The third-order valence-corrected chi connectivity index (χ3v) is 2.61. The SMILES string of the molecule is CCC1=CCN(C)C1CCOC. The van der Waals surface area contributed by atoms with Crippen molar-refractivity contribution in [3.63, 3.8) is 0 Å². The third-order valence-electron chi connectivity index (χ3n) is 2.61. The van der Waals surface area contributed by atoms with E-state index in [0.29, 0.717) is 6.04 Å². The lowest BCUT2D eigenvalue weighted by molar-refractivity contribution is 0.167. The molecule has 0 radical (unpaired) electrons. The molecule has 1 aliphatic heterocycles. The van der Waals surface area contributed by atoms with Gasteiger partial charge < -0.3 is 4.74 Å². The Labute approximate surface area is 75.2 Å². The van der Waals surface area contributed by atoms with Crippen molar-refractivity contribution in [3.8, 4) is 0 Å². The Morgan fingerprint density at radius 2 is 2.42 bits per heavy atom. The number of likely N-dealkylation sites (N-methyl/N-ethyl adjacent to an activating group) is 1. The summed E-state index contributed by atoms with van der Waals surface area (Å²) in [6.07, 6.45) is 4.66. The quantitative estimate of drug-likeness (QED) is 0.594. The molecule has 1 atom stereocenters. The number of hydrogen-bond acceptors (Lipinski definition) is 2. The van der Waals surface area contributed by atoms with Crippen molar-refractivity contribution < 1.29 is 4.74 Å². The van der Waals surface area contributed by atoms with Crippen molar-refractivity contribution in [1.29, 1.82) is 0 Å². The molecule has 0 N–H and O–H groups in total. The molecule has 0 bridgehead atoms. The summed E-state index contributed by atoms with van der Waals surface area (Å²) in [4.78, 5) is 2.39. The highest BCUT2D eigenvalue weighted by molar-refractivity contribution is 5.17. The van der Waals surface area contributed by atoms with E-state index in [1.807, 2.05) is 0 Å². The minimum absolute atomic E-state index is 0.634. The summed E-state index contributed by atoms with van der Waals surface area (Å²) in [5, 5.41) is 0. The van der Waals surface area contributed by atoms with Gasteiger partial charge in [-0.25, -0.2) is 0 Å². The van der Waals surface area contributed by atoms with Crippen LogP contribution in [0.1, 0.15) is 19.8 Å². The summed E-state index contributed by atoms with van der Waals surface area (Å²) in [5.41, 5.74) is 1.58. The van der Waals surface area contributed by atoms with Crippen molar-refractivity contribution in [3.05, 3.63) is 11.6 Å². The number of nitrogens with zero attached hydrogens (tertiary/aromatic N) is 1. The first-order valence-corrected chi connectivity index (χ1v) is 4.67. The Morgan fingerprint density at radius 3 is 3.00 bits per heavy atom. The summed E-state index contributed by atoms with van der Waals surface area (Å²) < 4.78 is 5.09. The second-order valence-electron chi connectivity index (χ2n) is 3.37. The van der Waals surface area contributed by atoms with E-state index >= 15 is 0 Å². The molecule has 0 saturated heterocycles. The maximum atomic E-state index is 5.09. The van der Waals surface area contributed by atoms with Gasteiger partial charge in [-0.15, -0.1) is 0 Å². The molecular weight excluding hydrogens is 150 g/mol. The molecule has 70 valence electrons. The Morgan fingerprint density at radius 1 is 1.67 bits per heavy atom. The van der Waals surface area contributed by atoms with E-state index in [-0.39, 0.29) is 0 Å². The van der Waals surface area contributed by atoms with Gasteiger partial charge in [-0.1, -0.05) is 18.6 Å². The molecular formula is C10H19NO. The van der Waals surface area contributed by atoms with Crippen LogP contribution in [-0.4, -0.2) is 38.3 Å². The second kappa shape index (κ2) is 4.63. The first kappa shape index (κ1) is 9.75. The molecule has 0 aromatic rings. The van der Waals surface area contributed by atoms with Gasteiger partial charge in [0, 0.05) is 26.3 Å². The van der Waals surface area contributed by atoms with Crippen LogP contribution in [-0.2, 0) is 4.74 Å². The maximum absolute atomic E-state index is 5.09. The topological polar surface area (TPSA) is 12.5 Å².